The second-order valence-electron chi connectivity index (χ2n) is 17.1. The molecule has 0 radical (unpaired) electrons. The molecule has 52 heavy (non-hydrogen) atoms. The predicted molar refractivity (Wildman–Crippen MR) is 204 cm³/mol. The summed E-state index contributed by atoms with van der Waals surface area (Å²) in [5.74, 6) is 1.78. The van der Waals surface area contributed by atoms with E-state index in [-0.39, 0.29) is 11.8 Å². The first kappa shape index (κ1) is 35.6. The van der Waals surface area contributed by atoms with Crippen LogP contribution in [0.1, 0.15) is 79.8 Å². The van der Waals surface area contributed by atoms with Crippen LogP contribution in [0.5, 0.6) is 5.75 Å². The molecule has 280 valence electrons. The third kappa shape index (κ3) is 6.34. The molecule has 0 spiro atoms. The average Bonchev–Trinajstić information content (AvgIpc) is 3.68. The molecule has 5 fully saturated rings. The normalized spacial score (nSPS) is 27.1. The number of carbonyl (C=O) groups is 2. The summed E-state index contributed by atoms with van der Waals surface area (Å²) in [6, 6.07) is 12.1. The highest BCUT2D eigenvalue weighted by Gasteiger charge is 2.62. The Kier molecular flexibility index (Phi) is 9.22. The van der Waals surface area contributed by atoms with Crippen molar-refractivity contribution in [1.82, 2.24) is 24.0 Å². The highest BCUT2D eigenvalue weighted by molar-refractivity contribution is 7.90. The SMILES string of the molecule is COc1ccc2c(c1)C[C@@H]1C[C@]1(C(=O)N1CC3CN(C)CC(CN(C)C3)C1)Cn1c-2c(C2CCCCC2)c2ccc(C(=O)NS(=O)(=O)C(C)C)cc21. The highest BCUT2D eigenvalue weighted by atomic mass is 32.2. The Morgan fingerprint density at radius 3 is 2.21 bits per heavy atom. The van der Waals surface area contributed by atoms with Gasteiger partial charge in [0.15, 0.2) is 0 Å². The van der Waals surface area contributed by atoms with Gasteiger partial charge in [0.1, 0.15) is 5.75 Å². The minimum Gasteiger partial charge on any atom is -0.497 e. The number of sulfonamides is 1. The summed E-state index contributed by atoms with van der Waals surface area (Å²) in [4.78, 5) is 35.9. The van der Waals surface area contributed by atoms with Gasteiger partial charge in [-0.15, -0.1) is 0 Å². The molecule has 2 atom stereocenters. The maximum absolute atomic E-state index is 15.3. The molecular formula is C41H55N5O5S. The van der Waals surface area contributed by atoms with Crippen molar-refractivity contribution in [2.45, 2.75) is 76.5 Å². The minimum atomic E-state index is -3.81. The number of hydrogen-bond acceptors (Lipinski definition) is 7. The summed E-state index contributed by atoms with van der Waals surface area (Å²) in [6.07, 6.45) is 7.40. The van der Waals surface area contributed by atoms with E-state index in [1.807, 2.05) is 18.2 Å². The fourth-order valence-corrected chi connectivity index (χ4v) is 10.9. The number of amides is 2. The lowest BCUT2D eigenvalue weighted by Gasteiger charge is -2.44. The van der Waals surface area contributed by atoms with E-state index in [9.17, 15) is 13.2 Å². The Hall–Kier alpha value is -3.41. The quantitative estimate of drug-likeness (QED) is 0.365. The van der Waals surface area contributed by atoms with Gasteiger partial charge in [0.25, 0.3) is 5.91 Å². The smallest absolute Gasteiger partial charge is 0.264 e. The van der Waals surface area contributed by atoms with E-state index >= 15 is 4.79 Å². The summed E-state index contributed by atoms with van der Waals surface area (Å²) < 4.78 is 36.0. The largest absolute Gasteiger partial charge is 0.497 e. The highest BCUT2D eigenvalue weighted by Crippen LogP contribution is 2.60. The molecule has 2 saturated carbocycles. The number of aromatic nitrogens is 1. The lowest BCUT2D eigenvalue weighted by atomic mass is 9.80. The van der Waals surface area contributed by atoms with Gasteiger partial charge in [0.05, 0.1) is 23.5 Å². The van der Waals surface area contributed by atoms with Gasteiger partial charge in [-0.1, -0.05) is 25.3 Å². The number of benzene rings is 2. The summed E-state index contributed by atoms with van der Waals surface area (Å²) in [5, 5.41) is 0.363. The topological polar surface area (TPSA) is 104 Å². The van der Waals surface area contributed by atoms with E-state index in [1.165, 1.54) is 36.0 Å². The number of ether oxygens (including phenoxy) is 1. The maximum Gasteiger partial charge on any atom is 0.264 e. The van der Waals surface area contributed by atoms with E-state index in [0.717, 1.165) is 87.3 Å². The first-order valence-electron chi connectivity index (χ1n) is 19.4. The molecule has 11 heteroatoms. The molecule has 4 aliphatic heterocycles. The Morgan fingerprint density at radius 2 is 1.58 bits per heavy atom. The summed E-state index contributed by atoms with van der Waals surface area (Å²) in [6.45, 7) is 9.17. The molecule has 5 heterocycles. The van der Waals surface area contributed by atoms with Crippen LogP contribution in [-0.4, -0.2) is 105 Å². The van der Waals surface area contributed by atoms with Crippen LogP contribution in [0, 0.1) is 23.2 Å². The number of nitrogens with one attached hydrogen (secondary N) is 1. The molecule has 9 rings (SSSR count). The molecule has 1 N–H and O–H groups in total. The molecule has 2 aromatic carbocycles. The molecule has 2 bridgehead atoms. The van der Waals surface area contributed by atoms with Crippen LogP contribution in [0.15, 0.2) is 36.4 Å². The van der Waals surface area contributed by atoms with Gasteiger partial charge < -0.3 is 24.0 Å². The Labute approximate surface area is 308 Å². The predicted octanol–water partition coefficient (Wildman–Crippen LogP) is 5.35. The fraction of sp³-hybridized carbons (Fsp3) is 0.610. The molecule has 3 aromatic rings. The molecular weight excluding hydrogens is 675 g/mol. The lowest BCUT2D eigenvalue weighted by Crippen LogP contribution is -2.56. The number of nitrogens with zero attached hydrogens (tertiary/aromatic N) is 4. The van der Waals surface area contributed by atoms with Crippen LogP contribution in [0.2, 0.25) is 0 Å². The standard InChI is InChI=1S/C41H55N5O5S/c1-26(2)52(49,50)42-39(47)30-11-13-35-36(17-30)46-25-41(40(48)45-23-27-19-43(3)20-28(24-45)22-44(4)21-27)18-32(41)15-31-16-33(51-5)12-14-34(31)38(46)37(35)29-9-7-6-8-10-29/h11-14,16-17,26-29,32H,6-10,15,18-25H2,1-5H3,(H,42,47)/t27?,28?,32-,41+/m1/s1. The molecule has 2 amide bonds. The third-order valence-corrected chi connectivity index (χ3v) is 14.6. The third-order valence-electron chi connectivity index (χ3n) is 12.9. The number of rotatable bonds is 6. The van der Waals surface area contributed by atoms with Crippen molar-refractivity contribution < 1.29 is 22.7 Å². The first-order chi connectivity index (χ1) is 24.9. The van der Waals surface area contributed by atoms with Crippen LogP contribution in [0.25, 0.3) is 22.2 Å². The molecule has 1 aromatic heterocycles. The fourth-order valence-electron chi connectivity index (χ4n) is 10.3. The van der Waals surface area contributed by atoms with E-state index in [1.54, 1.807) is 27.0 Å². The molecule has 6 aliphatic rings. The molecule has 2 aliphatic carbocycles. The Balaban J connectivity index is 1.28. The van der Waals surface area contributed by atoms with Gasteiger partial charge in [-0.3, -0.25) is 9.59 Å². The van der Waals surface area contributed by atoms with Gasteiger partial charge in [-0.05, 0) is 107 Å². The summed E-state index contributed by atoms with van der Waals surface area (Å²) >= 11 is 0. The van der Waals surface area contributed by atoms with Gasteiger partial charge in [0.2, 0.25) is 15.9 Å². The molecule has 3 saturated heterocycles. The van der Waals surface area contributed by atoms with E-state index in [0.29, 0.717) is 29.9 Å². The van der Waals surface area contributed by atoms with Crippen molar-refractivity contribution in [2.24, 2.45) is 23.2 Å². The maximum atomic E-state index is 15.3. The van der Waals surface area contributed by atoms with Gasteiger partial charge in [-0.2, -0.15) is 0 Å². The second-order valence-corrected chi connectivity index (χ2v) is 19.3. The zero-order valence-electron chi connectivity index (χ0n) is 31.5. The number of methoxy groups -OCH3 is 1. The monoisotopic (exact) mass is 729 g/mol. The van der Waals surface area contributed by atoms with Gasteiger partial charge in [-0.25, -0.2) is 13.1 Å². The Bertz CT molecular complexity index is 1970. The zero-order valence-corrected chi connectivity index (χ0v) is 32.3. The van der Waals surface area contributed by atoms with E-state index < -0.39 is 26.6 Å². The molecule has 0 unspecified atom stereocenters. The van der Waals surface area contributed by atoms with Crippen LogP contribution in [-0.2, 0) is 27.8 Å². The van der Waals surface area contributed by atoms with Crippen molar-refractivity contribution in [3.05, 3.63) is 53.1 Å². The van der Waals surface area contributed by atoms with Crippen LogP contribution < -0.4 is 9.46 Å². The van der Waals surface area contributed by atoms with Gasteiger partial charge in [0, 0.05) is 79.7 Å². The number of hydrogen-bond donors (Lipinski definition) is 1. The Morgan fingerprint density at radius 1 is 0.904 bits per heavy atom. The first-order valence-corrected chi connectivity index (χ1v) is 21.0. The summed E-state index contributed by atoms with van der Waals surface area (Å²) in [5.41, 5.74) is 5.48. The minimum absolute atomic E-state index is 0.188. The summed E-state index contributed by atoms with van der Waals surface area (Å²) in [7, 11) is 2.33. The second kappa shape index (κ2) is 13.5. The van der Waals surface area contributed by atoms with Gasteiger partial charge >= 0.3 is 0 Å². The van der Waals surface area contributed by atoms with Crippen molar-refractivity contribution in [1.29, 1.82) is 0 Å². The number of carbonyl (C=O) groups excluding carboxylic acids is 2. The van der Waals surface area contributed by atoms with Crippen LogP contribution in [0.3, 0.4) is 0 Å². The van der Waals surface area contributed by atoms with Crippen molar-refractivity contribution in [3.63, 3.8) is 0 Å². The lowest BCUT2D eigenvalue weighted by molar-refractivity contribution is -0.141. The van der Waals surface area contributed by atoms with E-state index in [4.69, 9.17) is 4.74 Å². The number of fused-ring (bicyclic) bond motifs is 12. The van der Waals surface area contributed by atoms with Crippen LogP contribution >= 0.6 is 0 Å². The average molecular weight is 730 g/mol. The van der Waals surface area contributed by atoms with Crippen LogP contribution in [0.4, 0.5) is 0 Å². The molecule has 10 nitrogen and oxygen atoms in total. The van der Waals surface area contributed by atoms with Crippen molar-refractivity contribution in [3.8, 4) is 17.0 Å². The zero-order chi connectivity index (χ0) is 36.5. The van der Waals surface area contributed by atoms with Crippen molar-refractivity contribution in [2.75, 3.05) is 60.5 Å². The van der Waals surface area contributed by atoms with E-state index in [2.05, 4.69) is 50.2 Å². The van der Waals surface area contributed by atoms with Crippen molar-refractivity contribution >= 4 is 32.7 Å².